The maximum absolute atomic E-state index is 12.7. The van der Waals surface area contributed by atoms with Crippen molar-refractivity contribution in [3.8, 4) is 0 Å². The molecule has 0 radical (unpaired) electrons. The van der Waals surface area contributed by atoms with Crippen LogP contribution in [0.25, 0.3) is 0 Å². The molecule has 1 aliphatic carbocycles. The summed E-state index contributed by atoms with van der Waals surface area (Å²) in [4.78, 5) is 2.18. The highest BCUT2D eigenvalue weighted by atomic mass is 19.4. The fourth-order valence-corrected chi connectivity index (χ4v) is 2.90. The van der Waals surface area contributed by atoms with Crippen molar-refractivity contribution in [3.05, 3.63) is 35.4 Å². The summed E-state index contributed by atoms with van der Waals surface area (Å²) in [5, 5.41) is 0. The maximum Gasteiger partial charge on any atom is 0.416 e. The Morgan fingerprint density at radius 1 is 1.16 bits per heavy atom. The lowest BCUT2D eigenvalue weighted by Gasteiger charge is -2.33. The van der Waals surface area contributed by atoms with Gasteiger partial charge in [-0.05, 0) is 50.9 Å². The van der Waals surface area contributed by atoms with E-state index in [0.29, 0.717) is 6.04 Å². The molecular formula is C15H20F3N. The zero-order chi connectivity index (χ0) is 14.0. The number of alkyl halides is 3. The molecule has 1 aliphatic rings. The van der Waals surface area contributed by atoms with Gasteiger partial charge in [0.2, 0.25) is 0 Å². The molecule has 106 valence electrons. The van der Waals surface area contributed by atoms with Gasteiger partial charge in [-0.15, -0.1) is 0 Å². The smallest absolute Gasteiger partial charge is 0.306 e. The third kappa shape index (κ3) is 3.50. The van der Waals surface area contributed by atoms with E-state index in [4.69, 9.17) is 0 Å². The Hall–Kier alpha value is -1.03. The van der Waals surface area contributed by atoms with Gasteiger partial charge in [0.25, 0.3) is 0 Å². The molecule has 0 bridgehead atoms. The lowest BCUT2D eigenvalue weighted by molar-refractivity contribution is -0.137. The van der Waals surface area contributed by atoms with E-state index in [0.717, 1.165) is 37.3 Å². The maximum atomic E-state index is 12.7. The Morgan fingerprint density at radius 2 is 1.89 bits per heavy atom. The van der Waals surface area contributed by atoms with Crippen LogP contribution in [0.3, 0.4) is 0 Å². The third-order valence-corrected chi connectivity index (χ3v) is 4.06. The lowest BCUT2D eigenvalue weighted by Crippen LogP contribution is -2.32. The molecule has 0 aliphatic heterocycles. The molecule has 0 aromatic heterocycles. The molecule has 19 heavy (non-hydrogen) atoms. The molecule has 0 N–H and O–H groups in total. The first-order valence-corrected chi connectivity index (χ1v) is 6.71. The highest BCUT2D eigenvalue weighted by Gasteiger charge is 2.32. The Bertz CT molecular complexity index is 426. The minimum atomic E-state index is -4.24. The summed E-state index contributed by atoms with van der Waals surface area (Å²) in [6, 6.07) is 6.31. The van der Waals surface area contributed by atoms with Gasteiger partial charge in [0.05, 0.1) is 5.56 Å². The van der Waals surface area contributed by atoms with Crippen LogP contribution in [0.2, 0.25) is 0 Å². The monoisotopic (exact) mass is 271 g/mol. The molecular weight excluding hydrogens is 251 g/mol. The second kappa shape index (κ2) is 5.53. The van der Waals surface area contributed by atoms with Crippen LogP contribution in [0, 0.1) is 0 Å². The van der Waals surface area contributed by atoms with E-state index >= 15 is 0 Å². The van der Waals surface area contributed by atoms with Crippen LogP contribution in [-0.2, 0) is 6.18 Å². The van der Waals surface area contributed by atoms with Crippen LogP contribution < -0.4 is 0 Å². The van der Waals surface area contributed by atoms with E-state index < -0.39 is 11.7 Å². The summed E-state index contributed by atoms with van der Waals surface area (Å²) in [7, 11) is 4.08. The SMILES string of the molecule is CN(C)[C@@H]1CCC[C@@H](c2cccc(C(F)(F)F)c2)C1. The second-order valence-electron chi connectivity index (χ2n) is 5.60. The van der Waals surface area contributed by atoms with Crippen LogP contribution in [0.15, 0.2) is 24.3 Å². The molecule has 1 saturated carbocycles. The largest absolute Gasteiger partial charge is 0.416 e. The van der Waals surface area contributed by atoms with Crippen LogP contribution in [0.5, 0.6) is 0 Å². The second-order valence-corrected chi connectivity index (χ2v) is 5.60. The molecule has 0 amide bonds. The van der Waals surface area contributed by atoms with Gasteiger partial charge in [0.15, 0.2) is 0 Å². The first kappa shape index (κ1) is 14.4. The molecule has 1 fully saturated rings. The lowest BCUT2D eigenvalue weighted by atomic mass is 9.80. The standard InChI is InChI=1S/C15H20F3N/c1-19(2)14-8-4-6-12(10-14)11-5-3-7-13(9-11)15(16,17)18/h3,5,7,9,12,14H,4,6,8,10H2,1-2H3/t12-,14-/m1/s1. The van der Waals surface area contributed by atoms with Gasteiger partial charge >= 0.3 is 6.18 Å². The van der Waals surface area contributed by atoms with Crippen molar-refractivity contribution in [2.75, 3.05) is 14.1 Å². The predicted molar refractivity (Wildman–Crippen MR) is 70.1 cm³/mol. The van der Waals surface area contributed by atoms with Gasteiger partial charge < -0.3 is 4.90 Å². The van der Waals surface area contributed by atoms with Gasteiger partial charge in [-0.2, -0.15) is 13.2 Å². The highest BCUT2D eigenvalue weighted by Crippen LogP contribution is 2.37. The van der Waals surface area contributed by atoms with Crippen molar-refractivity contribution in [3.63, 3.8) is 0 Å². The van der Waals surface area contributed by atoms with Gasteiger partial charge in [-0.25, -0.2) is 0 Å². The fourth-order valence-electron chi connectivity index (χ4n) is 2.90. The van der Waals surface area contributed by atoms with Crippen LogP contribution in [-0.4, -0.2) is 25.0 Å². The summed E-state index contributed by atoms with van der Waals surface area (Å²) in [5.74, 6) is 0.253. The molecule has 1 aromatic carbocycles. The molecule has 1 nitrogen and oxygen atoms in total. The van der Waals surface area contributed by atoms with E-state index in [1.165, 1.54) is 12.1 Å². The molecule has 0 spiro atoms. The van der Waals surface area contributed by atoms with E-state index in [9.17, 15) is 13.2 Å². The third-order valence-electron chi connectivity index (χ3n) is 4.06. The van der Waals surface area contributed by atoms with Gasteiger partial charge in [0, 0.05) is 6.04 Å². The van der Waals surface area contributed by atoms with E-state index in [-0.39, 0.29) is 5.92 Å². The van der Waals surface area contributed by atoms with Crippen molar-refractivity contribution in [2.45, 2.75) is 43.8 Å². The Morgan fingerprint density at radius 3 is 2.53 bits per heavy atom. The van der Waals surface area contributed by atoms with E-state index in [2.05, 4.69) is 4.90 Å². The summed E-state index contributed by atoms with van der Waals surface area (Å²) < 4.78 is 38.2. The van der Waals surface area contributed by atoms with E-state index in [1.807, 2.05) is 20.2 Å². The van der Waals surface area contributed by atoms with Gasteiger partial charge in [-0.1, -0.05) is 24.6 Å². The Labute approximate surface area is 112 Å². The molecule has 0 saturated heterocycles. The number of benzene rings is 1. The van der Waals surface area contributed by atoms with E-state index in [1.54, 1.807) is 0 Å². The first-order valence-electron chi connectivity index (χ1n) is 6.71. The highest BCUT2D eigenvalue weighted by molar-refractivity contribution is 5.28. The quantitative estimate of drug-likeness (QED) is 0.775. The summed E-state index contributed by atoms with van der Waals surface area (Å²) in [5.41, 5.74) is 0.304. The molecule has 4 heteroatoms. The minimum Gasteiger partial charge on any atom is -0.306 e. The fraction of sp³-hybridized carbons (Fsp3) is 0.600. The zero-order valence-corrected chi connectivity index (χ0v) is 11.4. The predicted octanol–water partition coefficient (Wildman–Crippen LogP) is 4.29. The minimum absolute atomic E-state index is 0.253. The normalized spacial score (nSPS) is 24.7. The van der Waals surface area contributed by atoms with Crippen LogP contribution in [0.1, 0.15) is 42.7 Å². The van der Waals surface area contributed by atoms with Crippen molar-refractivity contribution in [2.24, 2.45) is 0 Å². The molecule has 0 unspecified atom stereocenters. The molecule has 2 rings (SSSR count). The van der Waals surface area contributed by atoms with Crippen molar-refractivity contribution in [1.82, 2.24) is 4.90 Å². The topological polar surface area (TPSA) is 3.24 Å². The van der Waals surface area contributed by atoms with Crippen molar-refractivity contribution >= 4 is 0 Å². The van der Waals surface area contributed by atoms with Crippen molar-refractivity contribution in [1.29, 1.82) is 0 Å². The van der Waals surface area contributed by atoms with Gasteiger partial charge in [-0.3, -0.25) is 0 Å². The molecule has 2 atom stereocenters. The van der Waals surface area contributed by atoms with Crippen LogP contribution >= 0.6 is 0 Å². The average Bonchev–Trinajstić information content (AvgIpc) is 2.38. The summed E-state index contributed by atoms with van der Waals surface area (Å²) >= 11 is 0. The number of rotatable bonds is 2. The number of halogens is 3. The Kier molecular flexibility index (Phi) is 4.19. The number of nitrogens with zero attached hydrogens (tertiary/aromatic N) is 1. The summed E-state index contributed by atoms with van der Waals surface area (Å²) in [6.07, 6.45) is -0.0716. The van der Waals surface area contributed by atoms with Crippen LogP contribution in [0.4, 0.5) is 13.2 Å². The van der Waals surface area contributed by atoms with Crippen molar-refractivity contribution < 1.29 is 13.2 Å². The average molecular weight is 271 g/mol. The first-order chi connectivity index (χ1) is 8.88. The molecule has 0 heterocycles. The number of hydrogen-bond acceptors (Lipinski definition) is 1. The Balaban J connectivity index is 2.17. The molecule has 1 aromatic rings. The summed E-state index contributed by atoms with van der Waals surface area (Å²) in [6.45, 7) is 0. The van der Waals surface area contributed by atoms with Gasteiger partial charge in [0.1, 0.15) is 0 Å². The zero-order valence-electron chi connectivity index (χ0n) is 11.4. The number of hydrogen-bond donors (Lipinski definition) is 0.